The average Bonchev–Trinajstić information content (AvgIpc) is 2.97. The molecule has 2 aromatic rings. The lowest BCUT2D eigenvalue weighted by molar-refractivity contribution is 0.400. The van der Waals surface area contributed by atoms with Crippen LogP contribution in [0.5, 0.6) is 0 Å². The van der Waals surface area contributed by atoms with E-state index < -0.39 is 0 Å². The van der Waals surface area contributed by atoms with Gasteiger partial charge in [0.15, 0.2) is 0 Å². The number of hydrogen-bond acceptors (Lipinski definition) is 5. The first kappa shape index (κ1) is 13.5. The number of nitrogens with two attached hydrogens (primary N) is 1. The average molecular weight is 288 g/mol. The van der Waals surface area contributed by atoms with Crippen LogP contribution in [0, 0.1) is 0 Å². The van der Waals surface area contributed by atoms with E-state index in [-0.39, 0.29) is 0 Å². The van der Waals surface area contributed by atoms with Gasteiger partial charge in [-0.3, -0.25) is 0 Å². The zero-order chi connectivity index (χ0) is 13.8. The van der Waals surface area contributed by atoms with Crippen molar-refractivity contribution in [3.63, 3.8) is 0 Å². The Balaban J connectivity index is 1.62. The molecule has 0 aromatic carbocycles. The molecule has 106 valence electrons. The molecule has 1 aliphatic rings. The van der Waals surface area contributed by atoms with Crippen molar-refractivity contribution < 1.29 is 0 Å². The summed E-state index contributed by atoms with van der Waals surface area (Å²) in [5, 5.41) is 10.1. The van der Waals surface area contributed by atoms with Crippen molar-refractivity contribution in [3.8, 4) is 0 Å². The van der Waals surface area contributed by atoms with Crippen molar-refractivity contribution in [2.75, 3.05) is 25.4 Å². The lowest BCUT2D eigenvalue weighted by Crippen LogP contribution is -2.39. The molecule has 20 heavy (non-hydrogen) atoms. The first-order chi connectivity index (χ1) is 9.84. The second kappa shape index (κ2) is 6.35. The van der Waals surface area contributed by atoms with Crippen molar-refractivity contribution >= 4 is 33.3 Å². The molecule has 0 atom stereocenters. The van der Waals surface area contributed by atoms with Crippen LogP contribution >= 0.6 is 11.3 Å². The molecule has 0 radical (unpaired) electrons. The monoisotopic (exact) mass is 288 g/mol. The molecule has 3 heterocycles. The predicted octanol–water partition coefficient (Wildman–Crippen LogP) is 2.23. The second-order valence-corrected chi connectivity index (χ2v) is 6.01. The number of anilines is 1. The summed E-state index contributed by atoms with van der Waals surface area (Å²) in [6.07, 6.45) is 8.60. The van der Waals surface area contributed by atoms with Crippen LogP contribution in [0.2, 0.25) is 0 Å². The van der Waals surface area contributed by atoms with E-state index >= 15 is 0 Å². The van der Waals surface area contributed by atoms with E-state index in [1.165, 1.54) is 17.5 Å². The van der Waals surface area contributed by atoms with Gasteiger partial charge in [-0.25, -0.2) is 4.98 Å². The van der Waals surface area contributed by atoms with Crippen molar-refractivity contribution in [2.24, 2.45) is 0 Å². The minimum atomic E-state index is 0.617. The van der Waals surface area contributed by atoms with Gasteiger partial charge in [0.25, 0.3) is 0 Å². The molecule has 4 N–H and O–H groups in total. The van der Waals surface area contributed by atoms with Gasteiger partial charge in [-0.15, -0.1) is 11.3 Å². The molecule has 2 aromatic heterocycles. The van der Waals surface area contributed by atoms with Crippen LogP contribution < -0.4 is 16.4 Å². The van der Waals surface area contributed by atoms with Crippen LogP contribution in [0.1, 0.15) is 18.4 Å². The fraction of sp³-hybridized carbons (Fsp3) is 0.400. The first-order valence-corrected chi connectivity index (χ1v) is 7.95. The van der Waals surface area contributed by atoms with E-state index in [0.29, 0.717) is 11.9 Å². The Labute approximate surface area is 123 Å². The standard InChI is InChI=1S/C15H20N4S/c16-15-13-5-9-20-14(13)11(10-19-15)2-1-6-18-12-3-7-17-8-4-12/h1-2,5,9-10,12,17-18H,3-4,6-8H2,(H2,16,19)/b2-1+. The van der Waals surface area contributed by atoms with Crippen LogP contribution in [-0.4, -0.2) is 30.7 Å². The molecule has 0 amide bonds. The molecule has 0 unspecified atom stereocenters. The highest BCUT2D eigenvalue weighted by Gasteiger charge is 2.10. The Morgan fingerprint density at radius 3 is 3.15 bits per heavy atom. The maximum Gasteiger partial charge on any atom is 0.132 e. The number of fused-ring (bicyclic) bond motifs is 1. The fourth-order valence-corrected chi connectivity index (χ4v) is 3.46. The zero-order valence-electron chi connectivity index (χ0n) is 11.4. The number of hydrogen-bond donors (Lipinski definition) is 3. The number of pyridine rings is 1. The van der Waals surface area contributed by atoms with Gasteiger partial charge < -0.3 is 16.4 Å². The van der Waals surface area contributed by atoms with Gasteiger partial charge in [0.2, 0.25) is 0 Å². The predicted molar refractivity (Wildman–Crippen MR) is 87.0 cm³/mol. The van der Waals surface area contributed by atoms with Gasteiger partial charge in [-0.1, -0.05) is 12.2 Å². The number of nitrogens with zero attached hydrogens (tertiary/aromatic N) is 1. The molecule has 0 saturated carbocycles. The molecule has 1 fully saturated rings. The summed E-state index contributed by atoms with van der Waals surface area (Å²) in [6.45, 7) is 3.15. The largest absolute Gasteiger partial charge is 0.383 e. The highest BCUT2D eigenvalue weighted by atomic mass is 32.1. The van der Waals surface area contributed by atoms with E-state index in [0.717, 1.165) is 30.6 Å². The zero-order valence-corrected chi connectivity index (χ0v) is 12.2. The number of nitrogen functional groups attached to an aromatic ring is 1. The molecular formula is C15H20N4S. The van der Waals surface area contributed by atoms with Crippen LogP contribution in [0.25, 0.3) is 16.2 Å². The Kier molecular flexibility index (Phi) is 4.30. The minimum absolute atomic E-state index is 0.617. The van der Waals surface area contributed by atoms with Crippen LogP contribution in [0.15, 0.2) is 23.7 Å². The summed E-state index contributed by atoms with van der Waals surface area (Å²) >= 11 is 1.71. The van der Waals surface area contributed by atoms with Gasteiger partial charge in [0.05, 0.1) is 0 Å². The molecule has 0 aliphatic carbocycles. The maximum atomic E-state index is 5.88. The third kappa shape index (κ3) is 3.00. The Hall–Kier alpha value is -1.43. The molecular weight excluding hydrogens is 268 g/mol. The van der Waals surface area contributed by atoms with E-state index in [2.05, 4.69) is 33.1 Å². The summed E-state index contributed by atoms with van der Waals surface area (Å²) < 4.78 is 1.22. The van der Waals surface area contributed by atoms with E-state index in [4.69, 9.17) is 5.73 Å². The van der Waals surface area contributed by atoms with E-state index in [1.807, 2.05) is 12.3 Å². The van der Waals surface area contributed by atoms with Crippen molar-refractivity contribution in [2.45, 2.75) is 18.9 Å². The molecule has 1 aliphatic heterocycles. The summed E-state index contributed by atoms with van der Waals surface area (Å²) in [5.41, 5.74) is 7.02. The first-order valence-electron chi connectivity index (χ1n) is 7.07. The SMILES string of the molecule is Nc1ncc(/C=C/CNC2CCNCC2)c2sccc12. The van der Waals surface area contributed by atoms with Crippen molar-refractivity contribution in [1.29, 1.82) is 0 Å². The minimum Gasteiger partial charge on any atom is -0.383 e. The molecule has 4 nitrogen and oxygen atoms in total. The van der Waals surface area contributed by atoms with Crippen LogP contribution in [-0.2, 0) is 0 Å². The number of thiophene rings is 1. The lowest BCUT2D eigenvalue weighted by Gasteiger charge is -2.23. The van der Waals surface area contributed by atoms with Gasteiger partial charge in [-0.2, -0.15) is 0 Å². The Morgan fingerprint density at radius 2 is 2.30 bits per heavy atom. The van der Waals surface area contributed by atoms with Crippen molar-refractivity contribution in [1.82, 2.24) is 15.6 Å². The summed E-state index contributed by atoms with van der Waals surface area (Å²) in [5.74, 6) is 0.617. The third-order valence-corrected chi connectivity index (χ3v) is 4.67. The fourth-order valence-electron chi connectivity index (χ4n) is 2.57. The van der Waals surface area contributed by atoms with E-state index in [1.54, 1.807) is 11.3 Å². The maximum absolute atomic E-state index is 5.88. The highest BCUT2D eigenvalue weighted by Crippen LogP contribution is 2.28. The normalized spacial score (nSPS) is 17.2. The van der Waals surface area contributed by atoms with Gasteiger partial charge in [0, 0.05) is 34.4 Å². The van der Waals surface area contributed by atoms with Gasteiger partial charge >= 0.3 is 0 Å². The summed E-state index contributed by atoms with van der Waals surface area (Å²) in [6, 6.07) is 2.68. The lowest BCUT2D eigenvalue weighted by atomic mass is 10.1. The van der Waals surface area contributed by atoms with Crippen molar-refractivity contribution in [3.05, 3.63) is 29.3 Å². The number of aromatic nitrogens is 1. The van der Waals surface area contributed by atoms with Gasteiger partial charge in [-0.05, 0) is 37.4 Å². The number of piperidine rings is 1. The number of rotatable bonds is 4. The van der Waals surface area contributed by atoms with E-state index in [9.17, 15) is 0 Å². The smallest absolute Gasteiger partial charge is 0.132 e. The summed E-state index contributed by atoms with van der Waals surface area (Å²) in [7, 11) is 0. The molecule has 0 spiro atoms. The molecule has 0 bridgehead atoms. The highest BCUT2D eigenvalue weighted by molar-refractivity contribution is 7.17. The second-order valence-electron chi connectivity index (χ2n) is 5.10. The molecule has 3 rings (SSSR count). The summed E-state index contributed by atoms with van der Waals surface area (Å²) in [4.78, 5) is 4.25. The Morgan fingerprint density at radius 1 is 1.45 bits per heavy atom. The topological polar surface area (TPSA) is 63.0 Å². The Bertz CT molecular complexity index is 599. The van der Waals surface area contributed by atoms with Crippen LogP contribution in [0.4, 0.5) is 5.82 Å². The van der Waals surface area contributed by atoms with Crippen LogP contribution in [0.3, 0.4) is 0 Å². The third-order valence-electron chi connectivity index (χ3n) is 3.71. The number of nitrogens with one attached hydrogen (secondary N) is 2. The molecule has 1 saturated heterocycles. The van der Waals surface area contributed by atoms with Gasteiger partial charge in [0.1, 0.15) is 5.82 Å². The molecule has 5 heteroatoms. The quantitative estimate of drug-likeness (QED) is 0.807.